The Kier molecular flexibility index (Phi) is 63.3. The average molecular weight is 1180 g/mol. The number of allylic oxidation sites excluding steroid dienone is 2. The number of carbonyl (C=O) groups excluding carboxylic acids is 2. The third kappa shape index (κ3) is 67.9. The number of esters is 2. The van der Waals surface area contributed by atoms with Crippen molar-refractivity contribution in [2.45, 2.75) is 392 Å². The quantitative estimate of drug-likeness (QED) is 0.0211. The van der Waals surface area contributed by atoms with Crippen LogP contribution in [0.5, 0.6) is 0 Å². The van der Waals surface area contributed by atoms with Gasteiger partial charge in [-0.05, 0) is 38.5 Å². The van der Waals surface area contributed by atoms with Crippen LogP contribution in [0.3, 0.4) is 0 Å². The lowest BCUT2D eigenvalue weighted by Crippen LogP contribution is -2.37. The van der Waals surface area contributed by atoms with Gasteiger partial charge in [-0.15, -0.1) is 0 Å². The van der Waals surface area contributed by atoms with Crippen LogP contribution in [0.4, 0.5) is 0 Å². The normalized spacial score (nSPS) is 13.1. The minimum Gasteiger partial charge on any atom is -0.462 e. The summed E-state index contributed by atoms with van der Waals surface area (Å²) in [5, 5.41) is 0. The van der Waals surface area contributed by atoms with Gasteiger partial charge in [0.05, 0.1) is 27.7 Å². The molecule has 0 aromatic rings. The van der Waals surface area contributed by atoms with Gasteiger partial charge in [-0.2, -0.15) is 0 Å². The first-order valence-electron chi connectivity index (χ1n) is 36.4. The molecule has 10 heteroatoms. The van der Waals surface area contributed by atoms with Gasteiger partial charge in [0.2, 0.25) is 0 Å². The Bertz CT molecular complexity index is 1390. The second kappa shape index (κ2) is 64.2. The summed E-state index contributed by atoms with van der Waals surface area (Å²) in [7, 11) is 1.50. The Labute approximate surface area is 511 Å². The van der Waals surface area contributed by atoms with Crippen molar-refractivity contribution in [1.82, 2.24) is 0 Å². The molecule has 0 spiro atoms. The van der Waals surface area contributed by atoms with Gasteiger partial charge < -0.3 is 18.9 Å². The van der Waals surface area contributed by atoms with Crippen LogP contribution in [0.1, 0.15) is 386 Å². The van der Waals surface area contributed by atoms with Crippen LogP contribution in [0, 0.1) is 0 Å². The lowest BCUT2D eigenvalue weighted by Gasteiger charge is -2.24. The predicted molar refractivity (Wildman–Crippen MR) is 354 cm³/mol. The molecule has 0 aliphatic heterocycles. The number of quaternary nitrogens is 1. The van der Waals surface area contributed by atoms with Crippen molar-refractivity contribution >= 4 is 19.8 Å². The molecule has 9 nitrogen and oxygen atoms in total. The van der Waals surface area contributed by atoms with Crippen LogP contribution < -0.4 is 0 Å². The van der Waals surface area contributed by atoms with E-state index in [1.54, 1.807) is 0 Å². The molecular formula is C72H143NO8P+. The summed E-state index contributed by atoms with van der Waals surface area (Å²) >= 11 is 0. The fraction of sp³-hybridized carbons (Fsp3) is 0.944. The maximum Gasteiger partial charge on any atom is 0.472 e. The van der Waals surface area contributed by atoms with Crippen molar-refractivity contribution < 1.29 is 42.1 Å². The second-order valence-corrected chi connectivity index (χ2v) is 27.8. The molecule has 82 heavy (non-hydrogen) atoms. The molecule has 2 unspecified atom stereocenters. The third-order valence-corrected chi connectivity index (χ3v) is 17.8. The third-order valence-electron chi connectivity index (χ3n) is 16.8. The number of unbranched alkanes of at least 4 members (excludes halogenated alkanes) is 53. The van der Waals surface area contributed by atoms with Gasteiger partial charge in [0.15, 0.2) is 6.10 Å². The monoisotopic (exact) mass is 1180 g/mol. The molecule has 0 aromatic carbocycles. The summed E-state index contributed by atoms with van der Waals surface area (Å²) in [6.45, 7) is 4.52. The Morgan fingerprint density at radius 2 is 0.622 bits per heavy atom. The standard InChI is InChI=1S/C72H142NO8P/c1-6-8-10-12-14-16-18-20-22-24-26-28-30-32-34-35-36-37-39-41-43-45-47-49-51-53-55-57-59-61-63-65-72(75)81-70(69-80-82(76,77)79-67-66-73(3,4)5)68-78-71(74)64-62-60-58-56-54-52-50-48-46-44-42-40-38-33-31-29-27-25-23-21-19-17-15-13-11-9-7-2/h24,26,70H,6-23,25,27-69H2,1-5H3/p+1/b26-24-. The molecule has 0 aromatic heterocycles. The lowest BCUT2D eigenvalue weighted by atomic mass is 10.0. The summed E-state index contributed by atoms with van der Waals surface area (Å²) in [5.41, 5.74) is 0. The van der Waals surface area contributed by atoms with E-state index in [9.17, 15) is 19.0 Å². The highest BCUT2D eigenvalue weighted by atomic mass is 31.2. The molecule has 2 atom stereocenters. The maximum atomic E-state index is 12.9. The summed E-state index contributed by atoms with van der Waals surface area (Å²) in [5.74, 6) is -0.769. The molecular weight excluding hydrogens is 1040 g/mol. The van der Waals surface area contributed by atoms with E-state index < -0.39 is 26.5 Å². The fourth-order valence-electron chi connectivity index (χ4n) is 11.2. The topological polar surface area (TPSA) is 108 Å². The van der Waals surface area contributed by atoms with Gasteiger partial charge in [-0.1, -0.05) is 347 Å². The first-order chi connectivity index (χ1) is 40.0. The van der Waals surface area contributed by atoms with Crippen molar-refractivity contribution in [3.8, 4) is 0 Å². The highest BCUT2D eigenvalue weighted by Crippen LogP contribution is 2.43. The molecule has 0 radical (unpaired) electrons. The van der Waals surface area contributed by atoms with Crippen LogP contribution in [0.15, 0.2) is 12.2 Å². The SMILES string of the molecule is CCCCCCCCCC/C=C\CCCCCCCCCCCCCCCCCCCCCC(=O)OC(COC(=O)CCCCCCCCCCCCCCCCCCCCCCCCCCCCC)COP(=O)(O)OCC[N+](C)(C)C. The number of nitrogens with zero attached hydrogens (tertiary/aromatic N) is 1. The van der Waals surface area contributed by atoms with Crippen LogP contribution >= 0.6 is 7.82 Å². The number of phosphoric acid groups is 1. The summed E-state index contributed by atoms with van der Waals surface area (Å²) in [6, 6.07) is 0. The number of hydrogen-bond donors (Lipinski definition) is 1. The molecule has 488 valence electrons. The Morgan fingerprint density at radius 1 is 0.366 bits per heavy atom. The number of carbonyl (C=O) groups is 2. The summed E-state index contributed by atoms with van der Waals surface area (Å²) < 4.78 is 34.8. The maximum absolute atomic E-state index is 12.9. The molecule has 0 aliphatic carbocycles. The zero-order valence-corrected chi connectivity index (χ0v) is 56.7. The van der Waals surface area contributed by atoms with Crippen LogP contribution in [0.2, 0.25) is 0 Å². The van der Waals surface area contributed by atoms with Crippen LogP contribution in [-0.4, -0.2) is 74.9 Å². The number of ether oxygens (including phenoxy) is 2. The molecule has 0 rings (SSSR count). The molecule has 0 saturated heterocycles. The van der Waals surface area contributed by atoms with Crippen molar-refractivity contribution in [1.29, 1.82) is 0 Å². The van der Waals surface area contributed by atoms with Crippen molar-refractivity contribution in [2.24, 2.45) is 0 Å². The highest BCUT2D eigenvalue weighted by Gasteiger charge is 2.27. The second-order valence-electron chi connectivity index (χ2n) is 26.3. The number of phosphoric ester groups is 1. The zero-order valence-electron chi connectivity index (χ0n) is 55.8. The highest BCUT2D eigenvalue weighted by molar-refractivity contribution is 7.47. The van der Waals surface area contributed by atoms with Crippen molar-refractivity contribution in [2.75, 3.05) is 47.5 Å². The first-order valence-corrected chi connectivity index (χ1v) is 37.9. The van der Waals surface area contributed by atoms with E-state index in [2.05, 4.69) is 26.0 Å². The van der Waals surface area contributed by atoms with E-state index in [0.717, 1.165) is 38.5 Å². The van der Waals surface area contributed by atoms with Gasteiger partial charge in [-0.25, -0.2) is 4.57 Å². The average Bonchev–Trinajstić information content (AvgIpc) is 3.46. The summed E-state index contributed by atoms with van der Waals surface area (Å²) in [6.07, 6.45) is 79.1. The smallest absolute Gasteiger partial charge is 0.462 e. The molecule has 0 bridgehead atoms. The minimum absolute atomic E-state index is 0.0367. The molecule has 0 saturated carbocycles. The first kappa shape index (κ1) is 80.8. The molecule has 0 heterocycles. The van der Waals surface area contributed by atoms with Crippen LogP contribution in [-0.2, 0) is 32.7 Å². The van der Waals surface area contributed by atoms with E-state index in [1.807, 2.05) is 21.1 Å². The van der Waals surface area contributed by atoms with E-state index in [1.165, 1.54) is 321 Å². The zero-order chi connectivity index (χ0) is 59.8. The number of hydrogen-bond acceptors (Lipinski definition) is 7. The van der Waals surface area contributed by atoms with Gasteiger partial charge in [0.25, 0.3) is 0 Å². The molecule has 0 fully saturated rings. The minimum atomic E-state index is -4.39. The Balaban J connectivity index is 3.96. The van der Waals surface area contributed by atoms with Gasteiger partial charge in [-0.3, -0.25) is 18.6 Å². The predicted octanol–water partition coefficient (Wildman–Crippen LogP) is 23.5. The van der Waals surface area contributed by atoms with Gasteiger partial charge in [0, 0.05) is 12.8 Å². The van der Waals surface area contributed by atoms with Crippen LogP contribution in [0.25, 0.3) is 0 Å². The van der Waals surface area contributed by atoms with Crippen molar-refractivity contribution in [3.05, 3.63) is 12.2 Å². The fourth-order valence-corrected chi connectivity index (χ4v) is 11.9. The van der Waals surface area contributed by atoms with E-state index >= 15 is 0 Å². The number of likely N-dealkylation sites (N-methyl/N-ethyl adjacent to an activating group) is 1. The Morgan fingerprint density at radius 3 is 0.902 bits per heavy atom. The lowest BCUT2D eigenvalue weighted by molar-refractivity contribution is -0.870. The molecule has 0 amide bonds. The van der Waals surface area contributed by atoms with Gasteiger partial charge in [0.1, 0.15) is 19.8 Å². The van der Waals surface area contributed by atoms with Gasteiger partial charge >= 0.3 is 19.8 Å². The van der Waals surface area contributed by atoms with Crippen molar-refractivity contribution in [3.63, 3.8) is 0 Å². The Hall–Kier alpha value is -1.25. The molecule has 1 N–H and O–H groups in total. The number of rotatable bonds is 69. The van der Waals surface area contributed by atoms with E-state index in [4.69, 9.17) is 18.5 Å². The van der Waals surface area contributed by atoms with E-state index in [-0.39, 0.29) is 25.6 Å². The van der Waals surface area contributed by atoms with E-state index in [0.29, 0.717) is 17.4 Å². The summed E-state index contributed by atoms with van der Waals surface area (Å²) in [4.78, 5) is 35.9. The molecule has 0 aliphatic rings. The largest absolute Gasteiger partial charge is 0.472 e.